The largest absolute Gasteiger partial charge is 0.351 e. The lowest BCUT2D eigenvalue weighted by Crippen LogP contribution is -2.12. The number of hydrogen-bond donors (Lipinski definition) is 2. The van der Waals surface area contributed by atoms with Gasteiger partial charge in [0.15, 0.2) is 0 Å². The summed E-state index contributed by atoms with van der Waals surface area (Å²) in [5.74, 6) is 1.86. The van der Waals surface area contributed by atoms with Gasteiger partial charge in [0.05, 0.1) is 0 Å². The van der Waals surface area contributed by atoms with Gasteiger partial charge in [0.1, 0.15) is 11.5 Å². The minimum atomic E-state index is -0.338. The van der Waals surface area contributed by atoms with Crippen molar-refractivity contribution >= 4 is 22.5 Å². The predicted molar refractivity (Wildman–Crippen MR) is 80.6 cm³/mol. The number of nitrogens with one attached hydrogen (secondary N) is 2. The van der Waals surface area contributed by atoms with Crippen molar-refractivity contribution in [2.24, 2.45) is 0 Å². The number of benzene rings is 2. The van der Waals surface area contributed by atoms with Gasteiger partial charge in [0, 0.05) is 22.2 Å². The lowest BCUT2D eigenvalue weighted by Gasteiger charge is -2.03. The topological polar surface area (TPSA) is 44.9 Å². The van der Waals surface area contributed by atoms with Crippen LogP contribution in [0.4, 0.5) is 10.1 Å². The van der Waals surface area contributed by atoms with E-state index in [-0.39, 0.29) is 11.7 Å². The predicted octanol–water partition coefficient (Wildman–Crippen LogP) is 3.54. The van der Waals surface area contributed by atoms with E-state index >= 15 is 0 Å². The molecule has 2 aromatic carbocycles. The van der Waals surface area contributed by atoms with E-state index in [4.69, 9.17) is 6.42 Å². The lowest BCUT2D eigenvalue weighted by molar-refractivity contribution is 0.102. The number of amides is 1. The van der Waals surface area contributed by atoms with E-state index in [0.717, 1.165) is 0 Å². The van der Waals surface area contributed by atoms with Crippen molar-refractivity contribution in [3.63, 3.8) is 0 Å². The molecular weight excluding hydrogens is 267 g/mol. The molecule has 3 aromatic rings. The van der Waals surface area contributed by atoms with Crippen LogP contribution >= 0.6 is 0 Å². The number of carbonyl (C=O) groups excluding carboxylic acids is 1. The van der Waals surface area contributed by atoms with Crippen LogP contribution in [-0.2, 0) is 0 Å². The van der Waals surface area contributed by atoms with Crippen molar-refractivity contribution in [1.29, 1.82) is 0 Å². The number of hydrogen-bond acceptors (Lipinski definition) is 1. The number of halogens is 1. The van der Waals surface area contributed by atoms with E-state index in [9.17, 15) is 9.18 Å². The van der Waals surface area contributed by atoms with Gasteiger partial charge < -0.3 is 10.3 Å². The molecule has 0 atom stereocenters. The normalized spacial score (nSPS) is 10.3. The molecule has 0 spiro atoms. The van der Waals surface area contributed by atoms with Crippen molar-refractivity contribution in [1.82, 2.24) is 4.98 Å². The van der Waals surface area contributed by atoms with Crippen LogP contribution in [-0.4, -0.2) is 10.9 Å². The summed E-state index contributed by atoms with van der Waals surface area (Å²) < 4.78 is 13.1. The number of anilines is 1. The second-order valence-electron chi connectivity index (χ2n) is 4.59. The molecule has 0 aliphatic heterocycles. The van der Waals surface area contributed by atoms with Crippen molar-refractivity contribution in [2.75, 3.05) is 5.32 Å². The Morgan fingerprint density at radius 3 is 2.86 bits per heavy atom. The summed E-state index contributed by atoms with van der Waals surface area (Å²) in [4.78, 5) is 15.1. The van der Waals surface area contributed by atoms with E-state index in [1.807, 2.05) is 0 Å². The molecule has 0 aliphatic rings. The van der Waals surface area contributed by atoms with Gasteiger partial charge in [-0.25, -0.2) is 4.39 Å². The Labute approximate surface area is 120 Å². The highest BCUT2D eigenvalue weighted by atomic mass is 19.1. The molecule has 2 N–H and O–H groups in total. The average Bonchev–Trinajstić information content (AvgIpc) is 2.90. The Kier molecular flexibility index (Phi) is 3.17. The zero-order valence-electron chi connectivity index (χ0n) is 11.0. The van der Waals surface area contributed by atoms with Crippen molar-refractivity contribution in [3.05, 3.63) is 65.6 Å². The number of H-pyrrole nitrogens is 1. The molecule has 0 aliphatic carbocycles. The van der Waals surface area contributed by atoms with Crippen LogP contribution in [0, 0.1) is 18.2 Å². The van der Waals surface area contributed by atoms with Gasteiger partial charge >= 0.3 is 0 Å². The lowest BCUT2D eigenvalue weighted by atomic mass is 10.2. The fourth-order valence-corrected chi connectivity index (χ4v) is 2.11. The van der Waals surface area contributed by atoms with E-state index in [1.165, 1.54) is 12.1 Å². The van der Waals surface area contributed by atoms with Crippen molar-refractivity contribution in [2.45, 2.75) is 0 Å². The number of carbonyl (C=O) groups is 1. The van der Waals surface area contributed by atoms with E-state index in [1.54, 1.807) is 36.4 Å². The number of rotatable bonds is 2. The first-order valence-electron chi connectivity index (χ1n) is 6.32. The van der Waals surface area contributed by atoms with Crippen molar-refractivity contribution in [3.8, 4) is 12.3 Å². The Morgan fingerprint density at radius 1 is 1.19 bits per heavy atom. The van der Waals surface area contributed by atoms with Gasteiger partial charge in [-0.3, -0.25) is 4.79 Å². The molecule has 1 aromatic heterocycles. The third kappa shape index (κ3) is 2.63. The van der Waals surface area contributed by atoms with Crippen molar-refractivity contribution < 1.29 is 9.18 Å². The van der Waals surface area contributed by atoms with E-state index < -0.39 is 0 Å². The zero-order valence-corrected chi connectivity index (χ0v) is 11.0. The monoisotopic (exact) mass is 278 g/mol. The quantitative estimate of drug-likeness (QED) is 0.692. The Bertz CT molecular complexity index is 874. The molecule has 1 amide bonds. The molecule has 0 saturated carbocycles. The fourth-order valence-electron chi connectivity index (χ4n) is 2.11. The molecule has 0 unspecified atom stereocenters. The van der Waals surface area contributed by atoms with Gasteiger partial charge in [0.25, 0.3) is 5.91 Å². The molecule has 4 heteroatoms. The second kappa shape index (κ2) is 5.14. The second-order valence-corrected chi connectivity index (χ2v) is 4.59. The molecule has 0 fully saturated rings. The van der Waals surface area contributed by atoms with E-state index in [0.29, 0.717) is 27.8 Å². The highest BCUT2D eigenvalue weighted by Gasteiger charge is 2.10. The molecule has 1 heterocycles. The first kappa shape index (κ1) is 12.9. The Morgan fingerprint density at radius 2 is 2.05 bits per heavy atom. The van der Waals surface area contributed by atoms with Crippen LogP contribution in [0.2, 0.25) is 0 Å². The summed E-state index contributed by atoms with van der Waals surface area (Å²) in [6, 6.07) is 12.9. The number of aromatic nitrogens is 1. The van der Waals surface area contributed by atoms with Gasteiger partial charge in [-0.2, -0.15) is 0 Å². The molecule has 21 heavy (non-hydrogen) atoms. The Balaban J connectivity index is 1.88. The average molecular weight is 278 g/mol. The summed E-state index contributed by atoms with van der Waals surface area (Å²) >= 11 is 0. The SMILES string of the molecule is C#Cc1cccc(NC(=O)c2cc3cc(F)ccc3[nH]2)c1. The van der Waals surface area contributed by atoms with Crippen LogP contribution in [0.15, 0.2) is 48.5 Å². The minimum Gasteiger partial charge on any atom is -0.351 e. The van der Waals surface area contributed by atoms with Crippen LogP contribution < -0.4 is 5.32 Å². The highest BCUT2D eigenvalue weighted by Crippen LogP contribution is 2.18. The van der Waals surface area contributed by atoms with Gasteiger partial charge in [-0.1, -0.05) is 12.0 Å². The minimum absolute atomic E-state index is 0.305. The first-order chi connectivity index (χ1) is 10.2. The molecule has 0 saturated heterocycles. The molecule has 102 valence electrons. The first-order valence-corrected chi connectivity index (χ1v) is 6.32. The third-order valence-electron chi connectivity index (χ3n) is 3.11. The van der Waals surface area contributed by atoms with Crippen LogP contribution in [0.3, 0.4) is 0 Å². The number of fused-ring (bicyclic) bond motifs is 1. The standard InChI is InChI=1S/C17H11FN2O/c1-2-11-4-3-5-14(8-11)19-17(21)16-10-12-9-13(18)6-7-15(12)20-16/h1,3-10,20H,(H,19,21). The molecule has 0 bridgehead atoms. The number of terminal acetylenes is 1. The summed E-state index contributed by atoms with van der Waals surface area (Å²) in [5, 5.41) is 3.40. The molecular formula is C17H11FN2O. The maximum absolute atomic E-state index is 13.1. The van der Waals surface area contributed by atoms with Gasteiger partial charge in [-0.15, -0.1) is 6.42 Å². The van der Waals surface area contributed by atoms with Gasteiger partial charge in [0.2, 0.25) is 0 Å². The summed E-state index contributed by atoms with van der Waals surface area (Å²) in [7, 11) is 0. The summed E-state index contributed by atoms with van der Waals surface area (Å²) in [5.41, 5.74) is 2.37. The summed E-state index contributed by atoms with van der Waals surface area (Å²) in [6.45, 7) is 0. The highest BCUT2D eigenvalue weighted by molar-refractivity contribution is 6.05. The van der Waals surface area contributed by atoms with Crippen LogP contribution in [0.25, 0.3) is 10.9 Å². The van der Waals surface area contributed by atoms with Crippen LogP contribution in [0.1, 0.15) is 16.1 Å². The van der Waals surface area contributed by atoms with Gasteiger partial charge in [-0.05, 0) is 42.5 Å². The molecule has 0 radical (unpaired) electrons. The van der Waals surface area contributed by atoms with E-state index in [2.05, 4.69) is 16.2 Å². The molecule has 3 nitrogen and oxygen atoms in total. The number of aromatic amines is 1. The maximum atomic E-state index is 13.1. The van der Waals surface area contributed by atoms with Crippen LogP contribution in [0.5, 0.6) is 0 Å². The smallest absolute Gasteiger partial charge is 0.272 e. The Hall–Kier alpha value is -3.06. The summed E-state index contributed by atoms with van der Waals surface area (Å²) in [6.07, 6.45) is 5.32. The third-order valence-corrected chi connectivity index (χ3v) is 3.11. The fraction of sp³-hybridized carbons (Fsp3) is 0. The zero-order chi connectivity index (χ0) is 14.8. The molecule has 3 rings (SSSR count). The maximum Gasteiger partial charge on any atom is 0.272 e.